The zero-order valence-corrected chi connectivity index (χ0v) is 18.3. The van der Waals surface area contributed by atoms with Crippen molar-refractivity contribution < 1.29 is 14.3 Å². The summed E-state index contributed by atoms with van der Waals surface area (Å²) in [4.78, 5) is 26.3. The quantitative estimate of drug-likeness (QED) is 0.329. The number of benzene rings is 1. The van der Waals surface area contributed by atoms with Crippen molar-refractivity contribution >= 4 is 39.2 Å². The SMILES string of the molecule is O=C(NCCn1cnc2cnc(Nc3ncc(-c4ccc(F)cc4)s3)cc21)[C@@H]1C[C@@H](O)CN1. The molecule has 0 radical (unpaired) electrons. The Balaban J connectivity index is 1.24. The van der Waals surface area contributed by atoms with Crippen LogP contribution in [0.4, 0.5) is 15.3 Å². The molecule has 4 aromatic rings. The zero-order valence-electron chi connectivity index (χ0n) is 17.5. The number of aromatic nitrogens is 4. The molecule has 1 amide bonds. The highest BCUT2D eigenvalue weighted by atomic mass is 32.1. The lowest BCUT2D eigenvalue weighted by molar-refractivity contribution is -0.122. The lowest BCUT2D eigenvalue weighted by Gasteiger charge is -2.11. The van der Waals surface area contributed by atoms with Crippen LogP contribution in [0.25, 0.3) is 21.5 Å². The van der Waals surface area contributed by atoms with Gasteiger partial charge in [0.1, 0.15) is 17.2 Å². The van der Waals surface area contributed by atoms with Crippen molar-refractivity contribution in [3.05, 3.63) is 54.9 Å². The van der Waals surface area contributed by atoms with Crippen molar-refractivity contribution in [2.24, 2.45) is 0 Å². The van der Waals surface area contributed by atoms with Gasteiger partial charge in [-0.05, 0) is 24.1 Å². The second-order valence-corrected chi connectivity index (χ2v) is 8.83. The monoisotopic (exact) mass is 467 g/mol. The fourth-order valence-corrected chi connectivity index (χ4v) is 4.56. The predicted molar refractivity (Wildman–Crippen MR) is 124 cm³/mol. The molecule has 11 heteroatoms. The van der Waals surface area contributed by atoms with E-state index >= 15 is 0 Å². The number of aliphatic hydroxyl groups is 1. The Labute approximate surface area is 192 Å². The van der Waals surface area contributed by atoms with Crippen LogP contribution in [-0.2, 0) is 11.3 Å². The smallest absolute Gasteiger partial charge is 0.237 e. The Bertz CT molecular complexity index is 1270. The molecular weight excluding hydrogens is 445 g/mol. The molecule has 0 saturated carbocycles. The number of carbonyl (C=O) groups excluding carboxylic acids is 1. The highest BCUT2D eigenvalue weighted by Gasteiger charge is 2.27. The van der Waals surface area contributed by atoms with Crippen LogP contribution in [-0.4, -0.2) is 55.8 Å². The molecule has 0 bridgehead atoms. The number of halogens is 1. The number of hydrogen-bond acceptors (Lipinski definition) is 8. The van der Waals surface area contributed by atoms with E-state index in [-0.39, 0.29) is 17.8 Å². The highest BCUT2D eigenvalue weighted by Crippen LogP contribution is 2.30. The summed E-state index contributed by atoms with van der Waals surface area (Å²) >= 11 is 1.45. The average Bonchev–Trinajstić information content (AvgIpc) is 3.55. The standard InChI is InChI=1S/C22H22FN7O2S/c23-14-3-1-13(2-4-14)19-11-27-22(33-19)29-20-8-18-17(10-26-20)28-12-30(18)6-5-24-21(32)16-7-15(31)9-25-16/h1-4,8,10-12,15-16,25,31H,5-7,9H2,(H,24,32)(H,26,27,29)/t15-,16+/m1/s1. The minimum absolute atomic E-state index is 0.110. The van der Waals surface area contributed by atoms with Crippen LogP contribution in [0.5, 0.6) is 0 Å². The molecule has 4 heterocycles. The maximum atomic E-state index is 13.2. The van der Waals surface area contributed by atoms with Crippen LogP contribution in [0.1, 0.15) is 6.42 Å². The Morgan fingerprint density at radius 2 is 2.09 bits per heavy atom. The van der Waals surface area contributed by atoms with Gasteiger partial charge < -0.3 is 25.6 Å². The zero-order chi connectivity index (χ0) is 22.8. The Hall–Kier alpha value is -3.41. The van der Waals surface area contributed by atoms with Crippen molar-refractivity contribution in [3.8, 4) is 10.4 Å². The molecule has 1 aromatic carbocycles. The van der Waals surface area contributed by atoms with Crippen LogP contribution < -0.4 is 16.0 Å². The Morgan fingerprint density at radius 1 is 1.24 bits per heavy atom. The highest BCUT2D eigenvalue weighted by molar-refractivity contribution is 7.18. The number of amides is 1. The second kappa shape index (κ2) is 9.22. The first-order valence-electron chi connectivity index (χ1n) is 10.5. The van der Waals surface area contributed by atoms with Gasteiger partial charge in [0.2, 0.25) is 5.91 Å². The van der Waals surface area contributed by atoms with Crippen molar-refractivity contribution in [3.63, 3.8) is 0 Å². The molecule has 2 atom stereocenters. The van der Waals surface area contributed by atoms with Gasteiger partial charge in [0.05, 0.1) is 35.1 Å². The van der Waals surface area contributed by atoms with E-state index in [2.05, 4.69) is 30.9 Å². The Morgan fingerprint density at radius 3 is 2.88 bits per heavy atom. The van der Waals surface area contributed by atoms with Gasteiger partial charge in [-0.3, -0.25) is 4.79 Å². The van der Waals surface area contributed by atoms with E-state index < -0.39 is 6.10 Å². The van der Waals surface area contributed by atoms with Crippen LogP contribution >= 0.6 is 11.3 Å². The number of nitrogens with zero attached hydrogens (tertiary/aromatic N) is 4. The fraction of sp³-hybridized carbons (Fsp3) is 0.273. The molecule has 0 aliphatic carbocycles. The van der Waals surface area contributed by atoms with Gasteiger partial charge >= 0.3 is 0 Å². The summed E-state index contributed by atoms with van der Waals surface area (Å²) in [5.41, 5.74) is 2.53. The molecule has 1 fully saturated rings. The summed E-state index contributed by atoms with van der Waals surface area (Å²) in [7, 11) is 0. The summed E-state index contributed by atoms with van der Waals surface area (Å²) in [6, 6.07) is 7.83. The molecular formula is C22H22FN7O2S. The van der Waals surface area contributed by atoms with Gasteiger partial charge in [0.15, 0.2) is 5.13 Å². The maximum absolute atomic E-state index is 13.2. The van der Waals surface area contributed by atoms with Crippen LogP contribution in [0.3, 0.4) is 0 Å². The Kier molecular flexibility index (Phi) is 5.99. The number of carbonyl (C=O) groups is 1. The maximum Gasteiger partial charge on any atom is 0.237 e. The van der Waals surface area contributed by atoms with E-state index in [1.165, 1.54) is 23.5 Å². The summed E-state index contributed by atoms with van der Waals surface area (Å²) < 4.78 is 15.1. The number of nitrogens with one attached hydrogen (secondary N) is 3. The molecule has 33 heavy (non-hydrogen) atoms. The summed E-state index contributed by atoms with van der Waals surface area (Å²) in [5, 5.41) is 19.3. The number of aliphatic hydroxyl groups excluding tert-OH is 1. The molecule has 9 nitrogen and oxygen atoms in total. The third-order valence-corrected chi connectivity index (χ3v) is 6.41. The van der Waals surface area contributed by atoms with Gasteiger partial charge in [-0.2, -0.15) is 0 Å². The first kappa shape index (κ1) is 21.4. The number of β-amino-alcohol motifs (C(OH)–C–C–N with tert-alkyl or cyclic N) is 1. The van der Waals surface area contributed by atoms with Crippen molar-refractivity contribution in [2.45, 2.75) is 25.1 Å². The number of anilines is 2. The lowest BCUT2D eigenvalue weighted by Crippen LogP contribution is -2.41. The second-order valence-electron chi connectivity index (χ2n) is 7.80. The number of hydrogen-bond donors (Lipinski definition) is 4. The number of fused-ring (bicyclic) bond motifs is 1. The third kappa shape index (κ3) is 4.85. The fourth-order valence-electron chi connectivity index (χ4n) is 3.74. The molecule has 5 rings (SSSR count). The number of pyridine rings is 1. The first-order valence-corrected chi connectivity index (χ1v) is 11.4. The van der Waals surface area contributed by atoms with E-state index in [0.717, 1.165) is 21.5 Å². The predicted octanol–water partition coefficient (Wildman–Crippen LogP) is 2.28. The lowest BCUT2D eigenvalue weighted by atomic mass is 10.2. The van der Waals surface area contributed by atoms with Gasteiger partial charge in [-0.1, -0.05) is 23.5 Å². The van der Waals surface area contributed by atoms with Crippen LogP contribution in [0.15, 0.2) is 49.1 Å². The van der Waals surface area contributed by atoms with E-state index in [1.807, 2.05) is 10.6 Å². The van der Waals surface area contributed by atoms with Crippen molar-refractivity contribution in [1.29, 1.82) is 0 Å². The van der Waals surface area contributed by atoms with Gasteiger partial charge in [-0.15, -0.1) is 0 Å². The number of rotatable bonds is 7. The molecule has 1 aliphatic rings. The summed E-state index contributed by atoms with van der Waals surface area (Å²) in [6.07, 6.45) is 5.10. The van der Waals surface area contributed by atoms with Gasteiger partial charge in [0, 0.05) is 31.9 Å². The molecule has 3 aromatic heterocycles. The van der Waals surface area contributed by atoms with E-state index in [9.17, 15) is 14.3 Å². The topological polar surface area (TPSA) is 117 Å². The largest absolute Gasteiger partial charge is 0.392 e. The molecule has 1 aliphatic heterocycles. The molecule has 0 unspecified atom stereocenters. The first-order chi connectivity index (χ1) is 16.0. The number of thiazole rings is 1. The van der Waals surface area contributed by atoms with Gasteiger partial charge in [0.25, 0.3) is 0 Å². The van der Waals surface area contributed by atoms with Crippen LogP contribution in [0, 0.1) is 5.82 Å². The minimum Gasteiger partial charge on any atom is -0.392 e. The molecule has 0 spiro atoms. The van der Waals surface area contributed by atoms with Crippen molar-refractivity contribution in [2.75, 3.05) is 18.4 Å². The van der Waals surface area contributed by atoms with E-state index in [1.54, 1.807) is 30.9 Å². The summed E-state index contributed by atoms with van der Waals surface area (Å²) in [5.74, 6) is 0.238. The van der Waals surface area contributed by atoms with E-state index in [4.69, 9.17) is 0 Å². The van der Waals surface area contributed by atoms with Gasteiger partial charge in [-0.25, -0.2) is 19.3 Å². The van der Waals surface area contributed by atoms with Crippen LogP contribution in [0.2, 0.25) is 0 Å². The summed E-state index contributed by atoms with van der Waals surface area (Å²) in [6.45, 7) is 1.43. The number of imidazole rings is 1. The van der Waals surface area contributed by atoms with Crippen molar-refractivity contribution in [1.82, 2.24) is 30.2 Å². The molecule has 1 saturated heterocycles. The minimum atomic E-state index is -0.471. The molecule has 4 N–H and O–H groups in total. The molecule has 170 valence electrons. The third-order valence-electron chi connectivity index (χ3n) is 5.45. The average molecular weight is 468 g/mol. The van der Waals surface area contributed by atoms with E-state index in [0.29, 0.717) is 37.0 Å². The normalized spacial score (nSPS) is 18.0.